The van der Waals surface area contributed by atoms with Crippen LogP contribution in [0.5, 0.6) is 0 Å². The Morgan fingerprint density at radius 1 is 1.36 bits per heavy atom. The van der Waals surface area contributed by atoms with Crippen molar-refractivity contribution < 1.29 is 9.59 Å². The first-order chi connectivity index (χ1) is 13.4. The van der Waals surface area contributed by atoms with E-state index in [0.29, 0.717) is 19.4 Å². The number of carbonyl (C=O) groups excluding carboxylic acids is 2. The van der Waals surface area contributed by atoms with Crippen LogP contribution in [0.25, 0.3) is 0 Å². The van der Waals surface area contributed by atoms with E-state index in [0.717, 1.165) is 23.4 Å². The summed E-state index contributed by atoms with van der Waals surface area (Å²) >= 11 is 0. The third-order valence-electron chi connectivity index (χ3n) is 5.21. The first-order valence-electron chi connectivity index (χ1n) is 9.58. The summed E-state index contributed by atoms with van der Waals surface area (Å²) in [6.07, 6.45) is 3.53. The van der Waals surface area contributed by atoms with Gasteiger partial charge in [-0.1, -0.05) is 13.0 Å². The van der Waals surface area contributed by atoms with Gasteiger partial charge in [0.15, 0.2) is 0 Å². The standard InChI is InChI=1S/C21H26N4O3/c1-4-18-14(2)11-17(20(27)24(18)3)21(28)25(12-15-7-5-6-10-22-15)13-16-8-9-19(26)23-16/h5-7,10-11,16H,4,8-9,12-13H2,1-3H3,(H,23,26)/t16-/m0/s1. The van der Waals surface area contributed by atoms with Crippen LogP contribution in [0.15, 0.2) is 35.3 Å². The number of carbonyl (C=O) groups is 2. The summed E-state index contributed by atoms with van der Waals surface area (Å²) in [5.74, 6) is -0.340. The fourth-order valence-corrected chi connectivity index (χ4v) is 3.76. The highest BCUT2D eigenvalue weighted by Crippen LogP contribution is 2.15. The Bertz CT molecular complexity index is 937. The molecule has 0 aliphatic carbocycles. The minimum atomic E-state index is -0.335. The summed E-state index contributed by atoms with van der Waals surface area (Å²) in [7, 11) is 1.70. The fourth-order valence-electron chi connectivity index (χ4n) is 3.76. The molecule has 28 heavy (non-hydrogen) atoms. The molecular formula is C21H26N4O3. The van der Waals surface area contributed by atoms with Gasteiger partial charge in [0.1, 0.15) is 5.56 Å². The summed E-state index contributed by atoms with van der Waals surface area (Å²) < 4.78 is 1.55. The van der Waals surface area contributed by atoms with Crippen LogP contribution in [0.2, 0.25) is 0 Å². The van der Waals surface area contributed by atoms with E-state index in [1.165, 1.54) is 0 Å². The summed E-state index contributed by atoms with van der Waals surface area (Å²) in [6, 6.07) is 7.09. The number of nitrogens with zero attached hydrogens (tertiary/aromatic N) is 3. The lowest BCUT2D eigenvalue weighted by Crippen LogP contribution is -2.43. The molecule has 0 spiro atoms. The quantitative estimate of drug-likeness (QED) is 0.822. The van der Waals surface area contributed by atoms with Crippen molar-refractivity contribution in [3.05, 3.63) is 63.3 Å². The first kappa shape index (κ1) is 19.8. The minimum Gasteiger partial charge on any atom is -0.352 e. The normalized spacial score (nSPS) is 16.1. The lowest BCUT2D eigenvalue weighted by molar-refractivity contribution is -0.119. The predicted octanol–water partition coefficient (Wildman–Crippen LogP) is 1.57. The number of rotatable bonds is 6. The highest BCUT2D eigenvalue weighted by molar-refractivity contribution is 5.94. The van der Waals surface area contributed by atoms with Crippen molar-refractivity contribution in [2.24, 2.45) is 7.05 Å². The Balaban J connectivity index is 1.94. The molecule has 0 unspecified atom stereocenters. The van der Waals surface area contributed by atoms with Gasteiger partial charge in [-0.25, -0.2) is 0 Å². The molecule has 1 atom stereocenters. The maximum absolute atomic E-state index is 13.3. The van der Waals surface area contributed by atoms with Gasteiger partial charge in [0.25, 0.3) is 11.5 Å². The fraction of sp³-hybridized carbons (Fsp3) is 0.429. The predicted molar refractivity (Wildman–Crippen MR) is 106 cm³/mol. The summed E-state index contributed by atoms with van der Waals surface area (Å²) in [5.41, 5.74) is 2.42. The first-order valence-corrected chi connectivity index (χ1v) is 9.58. The molecule has 0 saturated carbocycles. The van der Waals surface area contributed by atoms with Crippen LogP contribution < -0.4 is 10.9 Å². The number of aryl methyl sites for hydroxylation is 1. The molecule has 1 N–H and O–H groups in total. The number of hydrogen-bond acceptors (Lipinski definition) is 4. The van der Waals surface area contributed by atoms with Gasteiger partial charge in [0, 0.05) is 37.9 Å². The third-order valence-corrected chi connectivity index (χ3v) is 5.21. The Labute approximate surface area is 164 Å². The summed E-state index contributed by atoms with van der Waals surface area (Å²) in [4.78, 5) is 43.6. The van der Waals surface area contributed by atoms with E-state index in [-0.39, 0.29) is 35.5 Å². The van der Waals surface area contributed by atoms with Crippen LogP contribution in [0.4, 0.5) is 0 Å². The Morgan fingerprint density at radius 3 is 2.75 bits per heavy atom. The third kappa shape index (κ3) is 4.13. The largest absolute Gasteiger partial charge is 0.352 e. The molecule has 0 aromatic carbocycles. The molecule has 3 heterocycles. The summed E-state index contributed by atoms with van der Waals surface area (Å²) in [5, 5.41) is 2.90. The van der Waals surface area contributed by atoms with Gasteiger partial charge in [-0.2, -0.15) is 0 Å². The minimum absolute atomic E-state index is 0.00529. The second kappa shape index (κ2) is 8.37. The van der Waals surface area contributed by atoms with Gasteiger partial charge in [-0.15, -0.1) is 0 Å². The Morgan fingerprint density at radius 2 is 2.14 bits per heavy atom. The maximum Gasteiger partial charge on any atom is 0.263 e. The molecule has 1 fully saturated rings. The van der Waals surface area contributed by atoms with Crippen LogP contribution in [-0.4, -0.2) is 38.9 Å². The average molecular weight is 382 g/mol. The molecule has 1 saturated heterocycles. The number of nitrogens with one attached hydrogen (secondary N) is 1. The van der Waals surface area contributed by atoms with Crippen molar-refractivity contribution >= 4 is 11.8 Å². The van der Waals surface area contributed by atoms with Crippen molar-refractivity contribution in [3.63, 3.8) is 0 Å². The van der Waals surface area contributed by atoms with E-state index < -0.39 is 0 Å². The van der Waals surface area contributed by atoms with E-state index in [1.54, 1.807) is 28.8 Å². The average Bonchev–Trinajstić information content (AvgIpc) is 3.09. The van der Waals surface area contributed by atoms with Gasteiger partial charge < -0.3 is 14.8 Å². The molecule has 1 aliphatic rings. The van der Waals surface area contributed by atoms with Crippen LogP contribution in [0.1, 0.15) is 47.1 Å². The van der Waals surface area contributed by atoms with Crippen LogP contribution >= 0.6 is 0 Å². The molecule has 148 valence electrons. The van der Waals surface area contributed by atoms with Crippen LogP contribution in [-0.2, 0) is 24.8 Å². The van der Waals surface area contributed by atoms with E-state index in [1.807, 2.05) is 32.0 Å². The topological polar surface area (TPSA) is 84.3 Å². The lowest BCUT2D eigenvalue weighted by atomic mass is 10.1. The van der Waals surface area contributed by atoms with Crippen molar-refractivity contribution in [3.8, 4) is 0 Å². The Hall–Kier alpha value is -2.96. The number of pyridine rings is 2. The number of aromatic nitrogens is 2. The lowest BCUT2D eigenvalue weighted by Gasteiger charge is -2.26. The zero-order chi connectivity index (χ0) is 20.3. The SMILES string of the molecule is CCc1c(C)cc(C(=O)N(Cc2ccccn2)C[C@@H]2CCC(=O)N2)c(=O)n1C. The monoisotopic (exact) mass is 382 g/mol. The van der Waals surface area contributed by atoms with Gasteiger partial charge in [-0.3, -0.25) is 19.4 Å². The molecule has 0 radical (unpaired) electrons. The molecule has 7 nitrogen and oxygen atoms in total. The maximum atomic E-state index is 13.3. The second-order valence-electron chi connectivity index (χ2n) is 7.22. The molecule has 2 aromatic rings. The highest BCUT2D eigenvalue weighted by atomic mass is 16.2. The van der Waals surface area contributed by atoms with E-state index >= 15 is 0 Å². The molecule has 7 heteroatoms. The van der Waals surface area contributed by atoms with E-state index in [9.17, 15) is 14.4 Å². The van der Waals surface area contributed by atoms with Crippen LogP contribution in [0, 0.1) is 6.92 Å². The highest BCUT2D eigenvalue weighted by Gasteiger charge is 2.28. The van der Waals surface area contributed by atoms with E-state index in [4.69, 9.17) is 0 Å². The summed E-state index contributed by atoms with van der Waals surface area (Å²) in [6.45, 7) is 4.53. The molecule has 0 bridgehead atoms. The van der Waals surface area contributed by atoms with Crippen LogP contribution in [0.3, 0.4) is 0 Å². The molecular weight excluding hydrogens is 356 g/mol. The van der Waals surface area contributed by atoms with Gasteiger partial charge in [0.05, 0.1) is 12.2 Å². The van der Waals surface area contributed by atoms with Crippen molar-refractivity contribution in [2.45, 2.75) is 45.7 Å². The molecule has 2 aromatic heterocycles. The van der Waals surface area contributed by atoms with Crippen molar-refractivity contribution in [1.82, 2.24) is 19.8 Å². The van der Waals surface area contributed by atoms with Gasteiger partial charge in [0.2, 0.25) is 5.91 Å². The zero-order valence-electron chi connectivity index (χ0n) is 16.6. The molecule has 2 amide bonds. The number of hydrogen-bond donors (Lipinski definition) is 1. The van der Waals surface area contributed by atoms with Crippen molar-refractivity contribution in [2.75, 3.05) is 6.54 Å². The van der Waals surface area contributed by atoms with Gasteiger partial charge >= 0.3 is 0 Å². The second-order valence-corrected chi connectivity index (χ2v) is 7.22. The molecule has 3 rings (SSSR count). The number of amides is 2. The molecule has 1 aliphatic heterocycles. The smallest absolute Gasteiger partial charge is 0.263 e. The zero-order valence-corrected chi connectivity index (χ0v) is 16.6. The Kier molecular flexibility index (Phi) is 5.92. The van der Waals surface area contributed by atoms with E-state index in [2.05, 4.69) is 10.3 Å². The van der Waals surface area contributed by atoms with Gasteiger partial charge in [-0.05, 0) is 43.5 Å². The van der Waals surface area contributed by atoms with Crippen molar-refractivity contribution in [1.29, 1.82) is 0 Å².